The SMILES string of the molecule is N=C(N)c1ccc2ccc(CC(C(=O)O)c3ccc(O[C@@H]4CCCNC4)cc3)cc2c1. The second kappa shape index (κ2) is 9.18. The Morgan fingerprint density at radius 3 is 2.58 bits per heavy atom. The number of carboxylic acids is 1. The van der Waals surface area contributed by atoms with Crippen LogP contribution in [0.1, 0.15) is 35.4 Å². The molecule has 5 N–H and O–H groups in total. The summed E-state index contributed by atoms with van der Waals surface area (Å²) in [6.07, 6.45) is 2.67. The number of nitrogen functional groups attached to an aromatic ring is 1. The maximum absolute atomic E-state index is 12.0. The van der Waals surface area contributed by atoms with Crippen molar-refractivity contribution in [3.8, 4) is 5.75 Å². The molecular weight excluding hydrogens is 390 g/mol. The zero-order valence-corrected chi connectivity index (χ0v) is 17.3. The third kappa shape index (κ3) is 5.03. The van der Waals surface area contributed by atoms with Crippen molar-refractivity contribution >= 4 is 22.6 Å². The van der Waals surface area contributed by atoms with Gasteiger partial charge in [0, 0.05) is 12.1 Å². The van der Waals surface area contributed by atoms with Crippen LogP contribution in [0.2, 0.25) is 0 Å². The minimum Gasteiger partial charge on any atom is -0.489 e. The van der Waals surface area contributed by atoms with E-state index in [1.165, 1.54) is 0 Å². The average molecular weight is 418 g/mol. The first-order chi connectivity index (χ1) is 15.0. The van der Waals surface area contributed by atoms with E-state index < -0.39 is 11.9 Å². The van der Waals surface area contributed by atoms with Crippen molar-refractivity contribution in [2.24, 2.45) is 5.73 Å². The summed E-state index contributed by atoms with van der Waals surface area (Å²) in [6.45, 7) is 1.87. The normalized spacial score (nSPS) is 17.2. The zero-order chi connectivity index (χ0) is 21.8. The molecule has 1 aliphatic heterocycles. The molecule has 1 aliphatic rings. The first-order valence-corrected chi connectivity index (χ1v) is 10.6. The standard InChI is InChI=1S/C25H27N3O3/c26-24(27)19-6-5-17-4-3-16(12-20(17)14-19)13-23(25(29)30)18-7-9-21(10-8-18)31-22-2-1-11-28-15-22/h3-10,12,14,22-23,28H,1-2,11,13,15H2,(H3,26,27)(H,29,30)/t22-,23?/m1/s1. The predicted molar refractivity (Wildman–Crippen MR) is 122 cm³/mol. The van der Waals surface area contributed by atoms with Gasteiger partial charge in [-0.25, -0.2) is 0 Å². The molecule has 0 saturated carbocycles. The van der Waals surface area contributed by atoms with E-state index in [0.717, 1.165) is 53.6 Å². The molecule has 4 rings (SSSR count). The number of nitrogens with two attached hydrogens (primary N) is 1. The van der Waals surface area contributed by atoms with Gasteiger partial charge in [-0.3, -0.25) is 10.2 Å². The Labute approximate surface area is 181 Å². The zero-order valence-electron chi connectivity index (χ0n) is 17.3. The smallest absolute Gasteiger partial charge is 0.311 e. The second-order valence-corrected chi connectivity index (χ2v) is 8.06. The second-order valence-electron chi connectivity index (χ2n) is 8.06. The molecule has 31 heavy (non-hydrogen) atoms. The van der Waals surface area contributed by atoms with Gasteiger partial charge in [-0.05, 0) is 65.9 Å². The lowest BCUT2D eigenvalue weighted by atomic mass is 9.91. The van der Waals surface area contributed by atoms with E-state index in [0.29, 0.717) is 12.0 Å². The highest BCUT2D eigenvalue weighted by molar-refractivity contribution is 5.99. The molecule has 1 fully saturated rings. The number of hydrogen-bond acceptors (Lipinski definition) is 4. The summed E-state index contributed by atoms with van der Waals surface area (Å²) < 4.78 is 6.01. The Bertz CT molecular complexity index is 1090. The number of nitrogens with one attached hydrogen (secondary N) is 2. The van der Waals surface area contributed by atoms with Crippen molar-refractivity contribution in [3.05, 3.63) is 77.4 Å². The van der Waals surface area contributed by atoms with Gasteiger partial charge in [0.1, 0.15) is 17.7 Å². The van der Waals surface area contributed by atoms with Gasteiger partial charge in [0.05, 0.1) is 5.92 Å². The van der Waals surface area contributed by atoms with Crippen molar-refractivity contribution in [2.45, 2.75) is 31.3 Å². The molecule has 0 spiro atoms. The van der Waals surface area contributed by atoms with Gasteiger partial charge in [0.25, 0.3) is 0 Å². The van der Waals surface area contributed by atoms with E-state index >= 15 is 0 Å². The lowest BCUT2D eigenvalue weighted by Gasteiger charge is -2.24. The van der Waals surface area contributed by atoms with Gasteiger partial charge in [0.15, 0.2) is 0 Å². The molecule has 0 bridgehead atoms. The van der Waals surface area contributed by atoms with Crippen LogP contribution in [-0.2, 0) is 11.2 Å². The van der Waals surface area contributed by atoms with E-state index in [1.807, 2.05) is 60.7 Å². The minimum atomic E-state index is -0.859. The van der Waals surface area contributed by atoms with Crippen molar-refractivity contribution in [1.29, 1.82) is 5.41 Å². The summed E-state index contributed by atoms with van der Waals surface area (Å²) in [5.41, 5.74) is 7.93. The maximum Gasteiger partial charge on any atom is 0.311 e. The molecule has 3 aromatic carbocycles. The molecule has 2 atom stereocenters. The maximum atomic E-state index is 12.0. The topological polar surface area (TPSA) is 108 Å². The Balaban J connectivity index is 1.52. The molecule has 3 aromatic rings. The number of fused-ring (bicyclic) bond motifs is 1. The van der Waals surface area contributed by atoms with E-state index in [2.05, 4.69) is 5.32 Å². The summed E-state index contributed by atoms with van der Waals surface area (Å²) in [7, 11) is 0. The van der Waals surface area contributed by atoms with Crippen LogP contribution < -0.4 is 15.8 Å². The number of aliphatic carboxylic acids is 1. The van der Waals surface area contributed by atoms with E-state index in [4.69, 9.17) is 15.9 Å². The van der Waals surface area contributed by atoms with Crippen LogP contribution in [0.25, 0.3) is 10.8 Å². The Morgan fingerprint density at radius 2 is 1.90 bits per heavy atom. The molecule has 0 amide bonds. The van der Waals surface area contributed by atoms with Gasteiger partial charge >= 0.3 is 5.97 Å². The monoisotopic (exact) mass is 417 g/mol. The molecule has 0 aromatic heterocycles. The first-order valence-electron chi connectivity index (χ1n) is 10.6. The fraction of sp³-hybridized carbons (Fsp3) is 0.280. The summed E-state index contributed by atoms with van der Waals surface area (Å²) >= 11 is 0. The summed E-state index contributed by atoms with van der Waals surface area (Å²) in [5.74, 6) is -0.729. The largest absolute Gasteiger partial charge is 0.489 e. The fourth-order valence-electron chi connectivity index (χ4n) is 4.07. The Morgan fingerprint density at radius 1 is 1.13 bits per heavy atom. The highest BCUT2D eigenvalue weighted by Crippen LogP contribution is 2.27. The summed E-state index contributed by atoms with van der Waals surface area (Å²) in [4.78, 5) is 12.0. The van der Waals surface area contributed by atoms with Crippen LogP contribution in [0.5, 0.6) is 5.75 Å². The number of piperidine rings is 1. The minimum absolute atomic E-state index is 0.0158. The van der Waals surface area contributed by atoms with Crippen LogP contribution in [-0.4, -0.2) is 36.1 Å². The molecule has 1 unspecified atom stereocenters. The quantitative estimate of drug-likeness (QED) is 0.347. The molecule has 1 saturated heterocycles. The number of carboxylic acid groups (broad SMARTS) is 1. The van der Waals surface area contributed by atoms with Gasteiger partial charge in [-0.15, -0.1) is 0 Å². The molecule has 6 nitrogen and oxygen atoms in total. The third-order valence-electron chi connectivity index (χ3n) is 5.79. The van der Waals surface area contributed by atoms with Crippen molar-refractivity contribution < 1.29 is 14.6 Å². The third-order valence-corrected chi connectivity index (χ3v) is 5.79. The van der Waals surface area contributed by atoms with Gasteiger partial charge < -0.3 is 20.9 Å². The van der Waals surface area contributed by atoms with Gasteiger partial charge in [0.2, 0.25) is 0 Å². The van der Waals surface area contributed by atoms with Crippen LogP contribution in [0.15, 0.2) is 60.7 Å². The van der Waals surface area contributed by atoms with E-state index in [9.17, 15) is 9.90 Å². The molecule has 160 valence electrons. The number of benzene rings is 3. The molecular formula is C25H27N3O3. The number of rotatable bonds is 7. The van der Waals surface area contributed by atoms with Crippen LogP contribution in [0, 0.1) is 5.41 Å². The molecule has 1 heterocycles. The first kappa shape index (κ1) is 20.9. The van der Waals surface area contributed by atoms with Crippen LogP contribution in [0.3, 0.4) is 0 Å². The Kier molecular flexibility index (Phi) is 6.18. The van der Waals surface area contributed by atoms with Gasteiger partial charge in [-0.2, -0.15) is 0 Å². The number of hydrogen-bond donors (Lipinski definition) is 4. The number of ether oxygens (including phenoxy) is 1. The lowest BCUT2D eigenvalue weighted by molar-refractivity contribution is -0.138. The van der Waals surface area contributed by atoms with Crippen LogP contribution in [0.4, 0.5) is 0 Å². The number of carbonyl (C=O) groups is 1. The van der Waals surface area contributed by atoms with Crippen molar-refractivity contribution in [2.75, 3.05) is 13.1 Å². The lowest BCUT2D eigenvalue weighted by Crippen LogP contribution is -2.37. The molecule has 0 radical (unpaired) electrons. The predicted octanol–water partition coefficient (Wildman–Crippen LogP) is 3.67. The molecule has 6 heteroatoms. The van der Waals surface area contributed by atoms with E-state index in [1.54, 1.807) is 0 Å². The highest BCUT2D eigenvalue weighted by Gasteiger charge is 2.21. The average Bonchev–Trinajstić information content (AvgIpc) is 2.78. The van der Waals surface area contributed by atoms with Crippen LogP contribution >= 0.6 is 0 Å². The van der Waals surface area contributed by atoms with Crippen molar-refractivity contribution in [1.82, 2.24) is 5.32 Å². The summed E-state index contributed by atoms with van der Waals surface area (Å²) in [5, 5.41) is 22.8. The fourth-order valence-corrected chi connectivity index (χ4v) is 4.07. The molecule has 0 aliphatic carbocycles. The van der Waals surface area contributed by atoms with Gasteiger partial charge in [-0.1, -0.05) is 42.5 Å². The highest BCUT2D eigenvalue weighted by atomic mass is 16.5. The Hall–Kier alpha value is -3.38. The number of amidine groups is 1. The van der Waals surface area contributed by atoms with E-state index in [-0.39, 0.29) is 11.9 Å². The summed E-state index contributed by atoms with van der Waals surface area (Å²) in [6, 6.07) is 18.9. The van der Waals surface area contributed by atoms with Crippen molar-refractivity contribution in [3.63, 3.8) is 0 Å².